The van der Waals surface area contributed by atoms with E-state index in [-0.39, 0.29) is 5.78 Å². The summed E-state index contributed by atoms with van der Waals surface area (Å²) in [6.07, 6.45) is 1.63. The fourth-order valence-corrected chi connectivity index (χ4v) is 1.78. The minimum atomic E-state index is -0.0203. The van der Waals surface area contributed by atoms with Gasteiger partial charge in [0.2, 0.25) is 0 Å². The molecule has 0 bridgehead atoms. The van der Waals surface area contributed by atoms with Gasteiger partial charge in [-0.3, -0.25) is 4.79 Å². The van der Waals surface area contributed by atoms with E-state index in [1.165, 1.54) is 0 Å². The maximum absolute atomic E-state index is 11.4. The van der Waals surface area contributed by atoms with E-state index in [9.17, 15) is 4.79 Å². The van der Waals surface area contributed by atoms with Gasteiger partial charge in [0.1, 0.15) is 5.69 Å². The molecule has 0 spiro atoms. The van der Waals surface area contributed by atoms with Gasteiger partial charge in [0.15, 0.2) is 5.78 Å². The van der Waals surface area contributed by atoms with E-state index in [4.69, 9.17) is 19.9 Å². The van der Waals surface area contributed by atoms with Crippen LogP contribution in [0.5, 0.6) is 0 Å². The van der Waals surface area contributed by atoms with Crippen molar-refractivity contribution in [1.82, 2.24) is 15.0 Å². The lowest BCUT2D eigenvalue weighted by Crippen LogP contribution is -2.14. The van der Waals surface area contributed by atoms with Crippen LogP contribution in [0, 0.1) is 0 Å². The number of rotatable bonds is 13. The Morgan fingerprint density at radius 2 is 1.76 bits per heavy atom. The molecule has 1 aromatic rings. The maximum Gasteiger partial charge on any atom is 0.194 e. The average molecular weight is 412 g/mol. The summed E-state index contributed by atoms with van der Waals surface area (Å²) in [5, 5.41) is 7.67. The summed E-state index contributed by atoms with van der Waals surface area (Å²) in [6.45, 7) is 4.23. The van der Waals surface area contributed by atoms with Crippen molar-refractivity contribution in [3.8, 4) is 0 Å². The Balaban J connectivity index is 1.97. The molecular weight excluding hydrogens is 391 g/mol. The second-order valence-electron chi connectivity index (χ2n) is 4.05. The molecule has 0 aromatic carbocycles. The van der Waals surface area contributed by atoms with E-state index < -0.39 is 0 Å². The molecule has 0 saturated carbocycles. The predicted octanol–water partition coefficient (Wildman–Crippen LogP) is -0.0957. The summed E-state index contributed by atoms with van der Waals surface area (Å²) in [7, 11) is 0. The van der Waals surface area contributed by atoms with Crippen LogP contribution in [0.25, 0.3) is 0 Å². The Kier molecular flexibility index (Phi) is 10.5. The highest BCUT2D eigenvalue weighted by atomic mass is 127. The van der Waals surface area contributed by atoms with Crippen molar-refractivity contribution in [3.63, 3.8) is 0 Å². The Hall–Kier alpha value is -0.620. The Morgan fingerprint density at radius 3 is 2.38 bits per heavy atom. The number of aromatic nitrogens is 3. The molecule has 1 heterocycles. The zero-order chi connectivity index (χ0) is 15.3. The standard InChI is InChI=1S/C12H21IN4O4/c13-9-12(18)11-10-17(16-15-11)2-4-20-6-8-21-7-5-19-3-1-14/h10H,1-9,14H2. The first-order valence-electron chi connectivity index (χ1n) is 6.70. The van der Waals surface area contributed by atoms with Gasteiger partial charge >= 0.3 is 0 Å². The molecule has 0 unspecified atom stereocenters. The molecule has 120 valence electrons. The van der Waals surface area contributed by atoms with Crippen molar-refractivity contribution in [1.29, 1.82) is 0 Å². The van der Waals surface area contributed by atoms with E-state index in [1.54, 1.807) is 10.9 Å². The fourth-order valence-electron chi connectivity index (χ4n) is 1.39. The Labute approximate surface area is 137 Å². The van der Waals surface area contributed by atoms with E-state index in [0.29, 0.717) is 62.9 Å². The van der Waals surface area contributed by atoms with Gasteiger partial charge in [0.05, 0.1) is 56.8 Å². The molecule has 0 atom stereocenters. The number of hydrogen-bond acceptors (Lipinski definition) is 7. The fraction of sp³-hybridized carbons (Fsp3) is 0.750. The number of carbonyl (C=O) groups is 1. The number of nitrogens with two attached hydrogens (primary N) is 1. The number of carbonyl (C=O) groups excluding carboxylic acids is 1. The van der Waals surface area contributed by atoms with Gasteiger partial charge in [0.25, 0.3) is 0 Å². The third-order valence-electron chi connectivity index (χ3n) is 2.42. The first kappa shape index (κ1) is 18.4. The molecule has 2 N–H and O–H groups in total. The number of ketones is 1. The van der Waals surface area contributed by atoms with Crippen molar-refractivity contribution < 1.29 is 19.0 Å². The number of ether oxygens (including phenoxy) is 3. The average Bonchev–Trinajstić information content (AvgIpc) is 2.97. The molecule has 21 heavy (non-hydrogen) atoms. The summed E-state index contributed by atoms with van der Waals surface area (Å²) < 4.78 is 17.9. The van der Waals surface area contributed by atoms with Crippen LogP contribution in [0.1, 0.15) is 10.5 Å². The lowest BCUT2D eigenvalue weighted by atomic mass is 10.3. The maximum atomic E-state index is 11.4. The number of hydrogen-bond donors (Lipinski definition) is 1. The van der Waals surface area contributed by atoms with Crippen LogP contribution < -0.4 is 5.73 Å². The molecule has 8 nitrogen and oxygen atoms in total. The first-order chi connectivity index (χ1) is 10.3. The van der Waals surface area contributed by atoms with Gasteiger partial charge in [-0.15, -0.1) is 5.10 Å². The van der Waals surface area contributed by atoms with Crippen molar-refractivity contribution in [3.05, 3.63) is 11.9 Å². The molecule has 0 aliphatic carbocycles. The van der Waals surface area contributed by atoms with Gasteiger partial charge < -0.3 is 19.9 Å². The Morgan fingerprint density at radius 1 is 1.14 bits per heavy atom. The van der Waals surface area contributed by atoms with Crippen LogP contribution in [0.4, 0.5) is 0 Å². The third-order valence-corrected chi connectivity index (χ3v) is 3.11. The van der Waals surface area contributed by atoms with Gasteiger partial charge in [-0.2, -0.15) is 0 Å². The zero-order valence-corrected chi connectivity index (χ0v) is 14.0. The molecule has 0 aliphatic heterocycles. The van der Waals surface area contributed by atoms with Crippen molar-refractivity contribution in [2.24, 2.45) is 5.73 Å². The SMILES string of the molecule is NCCOCCOCCOCCn1cc(C(=O)CI)nn1. The molecular formula is C12H21IN4O4. The van der Waals surface area contributed by atoms with Crippen molar-refractivity contribution in [2.75, 3.05) is 50.6 Å². The number of alkyl halides is 1. The highest BCUT2D eigenvalue weighted by molar-refractivity contribution is 14.1. The van der Waals surface area contributed by atoms with Crippen molar-refractivity contribution >= 4 is 28.4 Å². The number of Topliss-reactive ketones (excluding diaryl/α,β-unsaturated/α-hetero) is 1. The summed E-state index contributed by atoms with van der Waals surface area (Å²) in [6, 6.07) is 0. The van der Waals surface area contributed by atoms with Crippen LogP contribution in [-0.4, -0.2) is 71.4 Å². The van der Waals surface area contributed by atoms with Gasteiger partial charge in [-0.1, -0.05) is 27.8 Å². The lowest BCUT2D eigenvalue weighted by Gasteiger charge is -2.06. The molecule has 0 saturated heterocycles. The van der Waals surface area contributed by atoms with Gasteiger partial charge in [-0.25, -0.2) is 4.68 Å². The summed E-state index contributed by atoms with van der Waals surface area (Å²) >= 11 is 2.00. The lowest BCUT2D eigenvalue weighted by molar-refractivity contribution is 0.0141. The van der Waals surface area contributed by atoms with Gasteiger partial charge in [-0.05, 0) is 0 Å². The predicted molar refractivity (Wildman–Crippen MR) is 84.8 cm³/mol. The molecule has 1 rings (SSSR count). The van der Waals surface area contributed by atoms with E-state index >= 15 is 0 Å². The largest absolute Gasteiger partial charge is 0.378 e. The van der Waals surface area contributed by atoms with Crippen LogP contribution >= 0.6 is 22.6 Å². The topological polar surface area (TPSA) is 101 Å². The van der Waals surface area contributed by atoms with Crippen LogP contribution in [0.2, 0.25) is 0 Å². The minimum absolute atomic E-state index is 0.0203. The smallest absolute Gasteiger partial charge is 0.194 e. The zero-order valence-electron chi connectivity index (χ0n) is 11.9. The second-order valence-corrected chi connectivity index (χ2v) is 4.81. The summed E-state index contributed by atoms with van der Waals surface area (Å²) in [5.41, 5.74) is 5.68. The summed E-state index contributed by atoms with van der Waals surface area (Å²) in [5.74, 6) is -0.0203. The summed E-state index contributed by atoms with van der Waals surface area (Å²) in [4.78, 5) is 11.4. The first-order valence-corrected chi connectivity index (χ1v) is 8.23. The minimum Gasteiger partial charge on any atom is -0.378 e. The van der Waals surface area contributed by atoms with Crippen LogP contribution in [0.15, 0.2) is 6.20 Å². The monoisotopic (exact) mass is 412 g/mol. The molecule has 1 aromatic heterocycles. The second kappa shape index (κ2) is 12.0. The van der Waals surface area contributed by atoms with Crippen LogP contribution in [0.3, 0.4) is 0 Å². The molecule has 0 radical (unpaired) electrons. The quantitative estimate of drug-likeness (QED) is 0.209. The van der Waals surface area contributed by atoms with Crippen LogP contribution in [-0.2, 0) is 20.8 Å². The molecule has 0 amide bonds. The number of nitrogens with zero attached hydrogens (tertiary/aromatic N) is 3. The highest BCUT2D eigenvalue weighted by Crippen LogP contribution is 1.98. The third kappa shape index (κ3) is 8.41. The van der Waals surface area contributed by atoms with Crippen molar-refractivity contribution in [2.45, 2.75) is 6.54 Å². The molecule has 0 fully saturated rings. The number of halogens is 1. The van der Waals surface area contributed by atoms with Gasteiger partial charge in [0, 0.05) is 6.54 Å². The Bertz CT molecular complexity index is 402. The van der Waals surface area contributed by atoms with E-state index in [2.05, 4.69) is 10.3 Å². The van der Waals surface area contributed by atoms with E-state index in [0.717, 1.165) is 0 Å². The molecule has 0 aliphatic rings. The molecule has 9 heteroatoms. The van der Waals surface area contributed by atoms with E-state index in [1.807, 2.05) is 22.6 Å². The normalized spacial score (nSPS) is 11.0. The highest BCUT2D eigenvalue weighted by Gasteiger charge is 2.08.